The van der Waals surface area contributed by atoms with Crippen LogP contribution in [0.25, 0.3) is 11.4 Å². The lowest BCUT2D eigenvalue weighted by atomic mass is 9.85. The number of nitrogens with zero attached hydrogens (tertiary/aromatic N) is 2. The minimum absolute atomic E-state index is 0.127. The monoisotopic (exact) mass is 491 g/mol. The quantitative estimate of drug-likeness (QED) is 0.405. The Morgan fingerprint density at radius 3 is 2.03 bits per heavy atom. The molecular formula is C29H37N3O4. The number of hydrogen-bond donors (Lipinski definition) is 2. The fraction of sp³-hybridized carbons (Fsp3) is 0.483. The summed E-state index contributed by atoms with van der Waals surface area (Å²) in [4.78, 5) is 13.1. The van der Waals surface area contributed by atoms with Crippen LogP contribution in [0.5, 0.6) is 11.5 Å². The molecule has 7 nitrogen and oxygen atoms in total. The summed E-state index contributed by atoms with van der Waals surface area (Å²) >= 11 is 0. The maximum absolute atomic E-state index is 13.1. The summed E-state index contributed by atoms with van der Waals surface area (Å²) in [6.45, 7) is 1.81. The maximum Gasteiger partial charge on any atom is 0.337 e. The first-order chi connectivity index (χ1) is 17.6. The second kappa shape index (κ2) is 11.4. The lowest BCUT2D eigenvalue weighted by molar-refractivity contribution is 0.00457. The first-order valence-electron chi connectivity index (χ1n) is 13.3. The van der Waals surface area contributed by atoms with E-state index < -0.39 is 5.60 Å². The predicted octanol–water partition coefficient (Wildman–Crippen LogP) is 4.61. The van der Waals surface area contributed by atoms with Crippen LogP contribution >= 0.6 is 0 Å². The van der Waals surface area contributed by atoms with Crippen molar-refractivity contribution in [1.82, 2.24) is 14.5 Å². The molecule has 1 heterocycles. The molecule has 192 valence electrons. The van der Waals surface area contributed by atoms with Gasteiger partial charge in [0.1, 0.15) is 18.1 Å². The third-order valence-corrected chi connectivity index (χ3v) is 7.40. The second-order valence-electron chi connectivity index (χ2n) is 10.1. The van der Waals surface area contributed by atoms with Crippen molar-refractivity contribution in [3.8, 4) is 22.9 Å². The smallest absolute Gasteiger partial charge is 0.337 e. The van der Waals surface area contributed by atoms with Crippen LogP contribution in [-0.4, -0.2) is 45.6 Å². The second-order valence-corrected chi connectivity index (χ2v) is 10.1. The largest absolute Gasteiger partial charge is 0.492 e. The van der Waals surface area contributed by atoms with Crippen LogP contribution < -0.4 is 20.5 Å². The first-order valence-corrected chi connectivity index (χ1v) is 13.3. The Morgan fingerprint density at radius 1 is 0.833 bits per heavy atom. The van der Waals surface area contributed by atoms with Gasteiger partial charge in [-0.2, -0.15) is 0 Å². The maximum atomic E-state index is 13.1. The van der Waals surface area contributed by atoms with Crippen molar-refractivity contribution in [1.29, 1.82) is 0 Å². The highest BCUT2D eigenvalue weighted by molar-refractivity contribution is 5.40. The van der Waals surface area contributed by atoms with Crippen LogP contribution in [0, 0.1) is 0 Å². The summed E-state index contributed by atoms with van der Waals surface area (Å²) in [5, 5.41) is 13.9. The molecule has 0 atom stereocenters. The molecule has 2 aliphatic carbocycles. The number of benzene rings is 2. The van der Waals surface area contributed by atoms with Gasteiger partial charge in [-0.15, -0.1) is 0 Å². The molecule has 2 N–H and O–H groups in total. The number of imidazole rings is 1. The van der Waals surface area contributed by atoms with Crippen LogP contribution in [-0.2, 0) is 0 Å². The molecule has 0 amide bonds. The molecule has 5 rings (SSSR count). The zero-order valence-electron chi connectivity index (χ0n) is 20.9. The highest BCUT2D eigenvalue weighted by Crippen LogP contribution is 2.27. The van der Waals surface area contributed by atoms with E-state index in [9.17, 15) is 9.90 Å². The van der Waals surface area contributed by atoms with Crippen molar-refractivity contribution >= 4 is 0 Å². The molecule has 7 heteroatoms. The Balaban J connectivity index is 1.13. The highest BCUT2D eigenvalue weighted by Gasteiger charge is 2.28. The predicted molar refractivity (Wildman–Crippen MR) is 141 cm³/mol. The normalized spacial score (nSPS) is 17.8. The summed E-state index contributed by atoms with van der Waals surface area (Å²) in [7, 11) is 0. The molecule has 2 saturated carbocycles. The van der Waals surface area contributed by atoms with Gasteiger partial charge in [-0.25, -0.2) is 4.79 Å². The average molecular weight is 492 g/mol. The van der Waals surface area contributed by atoms with E-state index in [0.717, 1.165) is 61.4 Å². The zero-order chi connectivity index (χ0) is 24.8. The fourth-order valence-electron chi connectivity index (χ4n) is 5.31. The molecule has 0 aliphatic heterocycles. The Bertz CT molecular complexity index is 1150. The van der Waals surface area contributed by atoms with E-state index in [4.69, 9.17) is 9.47 Å². The lowest BCUT2D eigenvalue weighted by Gasteiger charge is -2.32. The van der Waals surface area contributed by atoms with Gasteiger partial charge in [-0.1, -0.05) is 19.3 Å². The number of nitrogens with one attached hydrogen (secondary N) is 1. The van der Waals surface area contributed by atoms with Crippen molar-refractivity contribution in [2.24, 2.45) is 0 Å². The third kappa shape index (κ3) is 6.02. The molecule has 36 heavy (non-hydrogen) atoms. The standard InChI is InChI=1S/C29H37N3O4/c33-28-31(19-20-32(28)24-10-14-27(15-11-24)36-26-6-2-3-7-26)23-8-12-25(13-9-23)35-21-18-30-22-29(34)16-4-1-5-17-29/h8-15,19-20,26,30,34H,1-7,16-18,21-22H2. The van der Waals surface area contributed by atoms with Crippen molar-refractivity contribution in [3.63, 3.8) is 0 Å². The van der Waals surface area contributed by atoms with Gasteiger partial charge in [0.15, 0.2) is 0 Å². The van der Waals surface area contributed by atoms with Gasteiger partial charge < -0.3 is 19.9 Å². The number of rotatable bonds is 10. The summed E-state index contributed by atoms with van der Waals surface area (Å²) in [6.07, 6.45) is 13.8. The van der Waals surface area contributed by atoms with E-state index in [1.165, 1.54) is 19.3 Å². The number of ether oxygens (including phenoxy) is 2. The van der Waals surface area contributed by atoms with Crippen molar-refractivity contribution in [2.75, 3.05) is 19.7 Å². The topological polar surface area (TPSA) is 77.6 Å². The summed E-state index contributed by atoms with van der Waals surface area (Å²) in [6, 6.07) is 15.3. The molecular weight excluding hydrogens is 454 g/mol. The lowest BCUT2D eigenvalue weighted by Crippen LogP contribution is -2.43. The van der Waals surface area contributed by atoms with Crippen molar-refractivity contribution < 1.29 is 14.6 Å². The van der Waals surface area contributed by atoms with Gasteiger partial charge in [-0.3, -0.25) is 9.13 Å². The van der Waals surface area contributed by atoms with Crippen LogP contribution in [0.15, 0.2) is 65.7 Å². The minimum atomic E-state index is -0.561. The Morgan fingerprint density at radius 2 is 1.42 bits per heavy atom. The molecule has 0 unspecified atom stereocenters. The number of aromatic nitrogens is 2. The van der Waals surface area contributed by atoms with Crippen LogP contribution in [0.2, 0.25) is 0 Å². The molecule has 0 saturated heterocycles. The number of hydrogen-bond acceptors (Lipinski definition) is 5. The van der Waals surface area contributed by atoms with Crippen molar-refractivity contribution in [2.45, 2.75) is 69.5 Å². The van der Waals surface area contributed by atoms with E-state index in [-0.39, 0.29) is 5.69 Å². The van der Waals surface area contributed by atoms with Gasteiger partial charge >= 0.3 is 5.69 Å². The fourth-order valence-corrected chi connectivity index (χ4v) is 5.31. The minimum Gasteiger partial charge on any atom is -0.492 e. The molecule has 3 aromatic rings. The van der Waals surface area contributed by atoms with Gasteiger partial charge in [0.2, 0.25) is 0 Å². The third-order valence-electron chi connectivity index (χ3n) is 7.40. The van der Waals surface area contributed by atoms with E-state index in [0.29, 0.717) is 25.8 Å². The average Bonchev–Trinajstić information content (AvgIpc) is 3.55. The zero-order valence-corrected chi connectivity index (χ0v) is 20.9. The van der Waals surface area contributed by atoms with E-state index in [2.05, 4.69) is 5.32 Å². The molecule has 0 spiro atoms. The van der Waals surface area contributed by atoms with Crippen LogP contribution in [0.4, 0.5) is 0 Å². The Kier molecular flexibility index (Phi) is 7.78. The first kappa shape index (κ1) is 24.7. The molecule has 0 bridgehead atoms. The Hall–Kier alpha value is -3.03. The van der Waals surface area contributed by atoms with E-state index in [1.807, 2.05) is 48.5 Å². The van der Waals surface area contributed by atoms with E-state index >= 15 is 0 Å². The van der Waals surface area contributed by atoms with Crippen LogP contribution in [0.1, 0.15) is 57.8 Å². The summed E-state index contributed by atoms with van der Waals surface area (Å²) in [5.74, 6) is 1.61. The SMILES string of the molecule is O=c1n(-c2ccc(OCCNCC3(O)CCCCC3)cc2)ccn1-c1ccc(OC2CCCC2)cc1. The Labute approximate surface area is 212 Å². The van der Waals surface area contributed by atoms with Gasteiger partial charge in [0.25, 0.3) is 0 Å². The van der Waals surface area contributed by atoms with Crippen molar-refractivity contribution in [3.05, 3.63) is 71.4 Å². The molecule has 0 radical (unpaired) electrons. The van der Waals surface area contributed by atoms with Gasteiger partial charge in [0, 0.05) is 25.5 Å². The molecule has 1 aromatic heterocycles. The molecule has 2 aromatic carbocycles. The van der Waals surface area contributed by atoms with E-state index in [1.54, 1.807) is 21.5 Å². The molecule has 2 aliphatic rings. The highest BCUT2D eigenvalue weighted by atomic mass is 16.5. The van der Waals surface area contributed by atoms with Gasteiger partial charge in [0.05, 0.1) is 23.1 Å². The summed E-state index contributed by atoms with van der Waals surface area (Å²) in [5.41, 5.74) is 0.903. The number of aliphatic hydroxyl groups is 1. The summed E-state index contributed by atoms with van der Waals surface area (Å²) < 4.78 is 15.1. The van der Waals surface area contributed by atoms with Crippen LogP contribution in [0.3, 0.4) is 0 Å². The van der Waals surface area contributed by atoms with Gasteiger partial charge in [-0.05, 0) is 87.1 Å². The molecule has 2 fully saturated rings.